The van der Waals surface area contributed by atoms with Crippen molar-refractivity contribution in [3.8, 4) is 0 Å². The Morgan fingerprint density at radius 1 is 1.16 bits per heavy atom. The van der Waals surface area contributed by atoms with E-state index in [4.69, 9.17) is 9.47 Å². The molecule has 0 amide bonds. The van der Waals surface area contributed by atoms with Crippen LogP contribution in [0.25, 0.3) is 0 Å². The molecule has 5 rings (SSSR count). The van der Waals surface area contributed by atoms with Gasteiger partial charge in [-0.25, -0.2) is 0 Å². The van der Waals surface area contributed by atoms with Crippen LogP contribution >= 0.6 is 0 Å². The van der Waals surface area contributed by atoms with E-state index in [-0.39, 0.29) is 29.7 Å². The molecule has 4 atom stereocenters. The molecule has 0 aromatic heterocycles. The van der Waals surface area contributed by atoms with E-state index in [1.165, 1.54) is 14.2 Å². The van der Waals surface area contributed by atoms with Crippen molar-refractivity contribution in [2.75, 3.05) is 27.3 Å². The number of Topliss-reactive ketones (excluding diaryl/α,β-unsaturated/α-hetero) is 1. The van der Waals surface area contributed by atoms with Gasteiger partial charge in [-0.3, -0.25) is 19.3 Å². The maximum Gasteiger partial charge on any atom is 0.319 e. The average Bonchev–Trinajstić information content (AvgIpc) is 3.21. The highest BCUT2D eigenvalue weighted by molar-refractivity contribution is 6.08. The Hall–Kier alpha value is -2.67. The first-order valence-corrected chi connectivity index (χ1v) is 10.9. The Morgan fingerprint density at radius 3 is 2.58 bits per heavy atom. The van der Waals surface area contributed by atoms with Crippen molar-refractivity contribution in [1.82, 2.24) is 9.80 Å². The molecule has 164 valence electrons. The summed E-state index contributed by atoms with van der Waals surface area (Å²) in [4.78, 5) is 43.8. The van der Waals surface area contributed by atoms with Crippen LogP contribution < -0.4 is 0 Å². The van der Waals surface area contributed by atoms with Crippen LogP contribution in [0.5, 0.6) is 0 Å². The van der Waals surface area contributed by atoms with Gasteiger partial charge in [0.25, 0.3) is 0 Å². The predicted molar refractivity (Wildman–Crippen MR) is 112 cm³/mol. The minimum atomic E-state index is -0.883. The second-order valence-corrected chi connectivity index (χ2v) is 9.44. The van der Waals surface area contributed by atoms with Crippen LogP contribution in [0, 0.1) is 11.3 Å². The fourth-order valence-corrected chi connectivity index (χ4v) is 6.53. The van der Waals surface area contributed by atoms with E-state index >= 15 is 0 Å². The van der Waals surface area contributed by atoms with Crippen molar-refractivity contribution < 1.29 is 23.9 Å². The Balaban J connectivity index is 1.59. The topological polar surface area (TPSA) is 76.2 Å². The third-order valence-electron chi connectivity index (χ3n) is 7.76. The normalized spacial score (nSPS) is 34.0. The molecule has 0 aliphatic carbocycles. The van der Waals surface area contributed by atoms with Gasteiger partial charge in [0, 0.05) is 36.9 Å². The third-order valence-corrected chi connectivity index (χ3v) is 7.76. The van der Waals surface area contributed by atoms with Gasteiger partial charge in [0.05, 0.1) is 20.1 Å². The highest BCUT2D eigenvalue weighted by Crippen LogP contribution is 2.60. The van der Waals surface area contributed by atoms with Gasteiger partial charge in [-0.1, -0.05) is 30.3 Å². The maximum atomic E-state index is 13.7. The van der Waals surface area contributed by atoms with Crippen LogP contribution in [0.3, 0.4) is 0 Å². The van der Waals surface area contributed by atoms with Crippen LogP contribution in [0.2, 0.25) is 0 Å². The Morgan fingerprint density at radius 2 is 1.90 bits per heavy atom. The minimum Gasteiger partial charge on any atom is -0.469 e. The molecule has 2 saturated heterocycles. The average molecular weight is 424 g/mol. The van der Waals surface area contributed by atoms with Gasteiger partial charge < -0.3 is 14.4 Å². The van der Waals surface area contributed by atoms with Crippen molar-refractivity contribution in [1.29, 1.82) is 0 Å². The molecule has 7 nitrogen and oxygen atoms in total. The maximum absolute atomic E-state index is 13.7. The Kier molecular flexibility index (Phi) is 4.52. The monoisotopic (exact) mass is 424 g/mol. The van der Waals surface area contributed by atoms with E-state index in [1.54, 1.807) is 0 Å². The van der Waals surface area contributed by atoms with E-state index in [1.807, 2.05) is 25.1 Å². The van der Waals surface area contributed by atoms with E-state index < -0.39 is 11.0 Å². The molecule has 7 heteroatoms. The third kappa shape index (κ3) is 2.65. The number of carbonyl (C=O) groups is 3. The van der Waals surface area contributed by atoms with Gasteiger partial charge >= 0.3 is 11.9 Å². The molecule has 1 aromatic carbocycles. The predicted octanol–water partition coefficient (Wildman–Crippen LogP) is 1.91. The summed E-state index contributed by atoms with van der Waals surface area (Å²) in [7, 11) is 2.81. The summed E-state index contributed by atoms with van der Waals surface area (Å²) < 4.78 is 10.3. The zero-order valence-corrected chi connectivity index (χ0v) is 18.2. The molecular weight excluding hydrogens is 396 g/mol. The van der Waals surface area contributed by atoms with E-state index in [0.29, 0.717) is 44.5 Å². The number of nitrogens with zero attached hydrogens (tertiary/aromatic N) is 2. The van der Waals surface area contributed by atoms with Crippen LogP contribution in [0.4, 0.5) is 0 Å². The molecule has 0 spiro atoms. The number of esters is 2. The van der Waals surface area contributed by atoms with Gasteiger partial charge in [-0.2, -0.15) is 0 Å². The lowest BCUT2D eigenvalue weighted by molar-refractivity contribution is -0.156. The molecule has 0 bridgehead atoms. The van der Waals surface area contributed by atoms with Crippen molar-refractivity contribution in [3.63, 3.8) is 0 Å². The first-order valence-electron chi connectivity index (χ1n) is 10.9. The molecule has 1 aromatic rings. The summed E-state index contributed by atoms with van der Waals surface area (Å²) >= 11 is 0. The highest BCUT2D eigenvalue weighted by atomic mass is 16.5. The molecule has 4 aliphatic heterocycles. The number of ketones is 1. The van der Waals surface area contributed by atoms with Crippen LogP contribution in [0.1, 0.15) is 31.7 Å². The van der Waals surface area contributed by atoms with Crippen LogP contribution in [-0.4, -0.2) is 66.4 Å². The largest absolute Gasteiger partial charge is 0.469 e. The number of ether oxygens (including phenoxy) is 2. The minimum absolute atomic E-state index is 0.0341. The van der Waals surface area contributed by atoms with E-state index in [0.717, 1.165) is 11.3 Å². The lowest BCUT2D eigenvalue weighted by atomic mass is 9.70. The van der Waals surface area contributed by atoms with Crippen molar-refractivity contribution in [2.24, 2.45) is 11.3 Å². The zero-order valence-electron chi connectivity index (χ0n) is 18.2. The Labute approximate surface area is 182 Å². The van der Waals surface area contributed by atoms with E-state index in [2.05, 4.69) is 21.9 Å². The molecule has 2 fully saturated rings. The van der Waals surface area contributed by atoms with Gasteiger partial charge in [0.2, 0.25) is 0 Å². The zero-order chi connectivity index (χ0) is 22.0. The van der Waals surface area contributed by atoms with Gasteiger partial charge in [-0.05, 0) is 31.7 Å². The van der Waals surface area contributed by atoms with Gasteiger partial charge in [0.1, 0.15) is 11.0 Å². The standard InChI is InChI=1S/C24H28N2O5/c1-23-11-16(21(28)30-2)18-9-10-24(22(29)31-3)14-25(12-15-7-5-4-6-8-15)13-17(20(23)27)19(24)26(18)23/h4-8,16,18H,9-14H2,1-3H3/t16-,18-,23-,24-/m0/s1. The number of carbonyl (C=O) groups excluding carboxylic acids is 3. The Bertz CT molecular complexity index is 989. The molecule has 31 heavy (non-hydrogen) atoms. The SMILES string of the molecule is COC(=O)[C@H]1C[C@@]2(C)C(=O)C3=C4N2[C@H]1CC[C@]4(C(=O)OC)CN(Cc1ccccc1)C3. The van der Waals surface area contributed by atoms with Crippen LogP contribution in [0.15, 0.2) is 41.6 Å². The molecule has 4 aliphatic rings. The van der Waals surface area contributed by atoms with Gasteiger partial charge in [-0.15, -0.1) is 0 Å². The summed E-state index contributed by atoms with van der Waals surface area (Å²) in [6.45, 7) is 3.58. The summed E-state index contributed by atoms with van der Waals surface area (Å²) in [5.41, 5.74) is 0.966. The number of rotatable bonds is 4. The first-order chi connectivity index (χ1) is 14.9. The van der Waals surface area contributed by atoms with Gasteiger partial charge in [0.15, 0.2) is 5.78 Å². The van der Waals surface area contributed by atoms with Crippen molar-refractivity contribution in [2.45, 2.75) is 44.3 Å². The molecule has 4 heterocycles. The fraction of sp³-hybridized carbons (Fsp3) is 0.542. The van der Waals surface area contributed by atoms with E-state index in [9.17, 15) is 14.4 Å². The number of methoxy groups -OCH3 is 2. The summed E-state index contributed by atoms with van der Waals surface area (Å²) in [6.07, 6.45) is 1.63. The number of hydrogen-bond donors (Lipinski definition) is 0. The molecule has 0 saturated carbocycles. The second-order valence-electron chi connectivity index (χ2n) is 9.44. The lowest BCUT2D eigenvalue weighted by Crippen LogP contribution is -2.58. The summed E-state index contributed by atoms with van der Waals surface area (Å²) in [6, 6.07) is 9.97. The lowest BCUT2D eigenvalue weighted by Gasteiger charge is -2.51. The highest BCUT2D eigenvalue weighted by Gasteiger charge is 2.69. The number of hydrogen-bond acceptors (Lipinski definition) is 7. The summed E-state index contributed by atoms with van der Waals surface area (Å²) in [5.74, 6) is -0.893. The molecule has 0 radical (unpaired) electrons. The number of piperidine rings is 1. The molecule has 0 unspecified atom stereocenters. The quantitative estimate of drug-likeness (QED) is 0.684. The summed E-state index contributed by atoms with van der Waals surface area (Å²) in [5, 5.41) is 0. The molecule has 0 N–H and O–H groups in total. The second kappa shape index (κ2) is 6.92. The molecular formula is C24H28N2O5. The first kappa shape index (κ1) is 20.2. The van der Waals surface area contributed by atoms with Crippen molar-refractivity contribution in [3.05, 3.63) is 47.2 Å². The smallest absolute Gasteiger partial charge is 0.319 e. The fourth-order valence-electron chi connectivity index (χ4n) is 6.53. The van der Waals surface area contributed by atoms with Crippen LogP contribution in [-0.2, 0) is 30.4 Å². The number of benzene rings is 1. The van der Waals surface area contributed by atoms with Crippen molar-refractivity contribution >= 4 is 17.7 Å².